The molecule has 1 unspecified atom stereocenters. The fraction of sp³-hybridized carbons (Fsp3) is 0.667. The molecule has 0 spiro atoms. The predicted octanol–water partition coefficient (Wildman–Crippen LogP) is 3.66. The van der Waals surface area contributed by atoms with Crippen LogP contribution in [-0.4, -0.2) is 56.4 Å². The van der Waals surface area contributed by atoms with Gasteiger partial charge < -0.3 is 14.2 Å². The molecule has 0 amide bonds. The van der Waals surface area contributed by atoms with Crippen LogP contribution in [0.15, 0.2) is 18.2 Å². The van der Waals surface area contributed by atoms with Gasteiger partial charge in [0.1, 0.15) is 6.61 Å². The molecule has 1 aromatic carbocycles. The molecule has 150 valence electrons. The molecule has 1 atom stereocenters. The number of carbonyl (C=O) groups is 1. The molecular weight excluding hydrogens is 349 g/mol. The Bertz CT molecular complexity index is 612. The third-order valence-corrected chi connectivity index (χ3v) is 5.54. The van der Waals surface area contributed by atoms with Crippen LogP contribution in [0.5, 0.6) is 5.75 Å². The number of carbonyl (C=O) groups excluding carboxylic acids is 1. The van der Waals surface area contributed by atoms with Crippen LogP contribution in [0.25, 0.3) is 0 Å². The molecular formula is C21H30FNO4. The number of esters is 1. The summed E-state index contributed by atoms with van der Waals surface area (Å²) in [6, 6.07) is 4.19. The maximum Gasteiger partial charge on any atom is 0.338 e. The molecule has 2 aliphatic rings. The average molecular weight is 379 g/mol. The highest BCUT2D eigenvalue weighted by Crippen LogP contribution is 2.30. The number of hydrogen-bond donors (Lipinski definition) is 0. The lowest BCUT2D eigenvalue weighted by Crippen LogP contribution is -2.38. The molecule has 1 saturated carbocycles. The second-order valence-electron chi connectivity index (χ2n) is 7.46. The molecule has 1 aromatic rings. The summed E-state index contributed by atoms with van der Waals surface area (Å²) in [4.78, 5) is 14.5. The first kappa shape index (κ1) is 20.1. The predicted molar refractivity (Wildman–Crippen MR) is 101 cm³/mol. The normalized spacial score (nSPS) is 20.2. The number of morpholine rings is 1. The number of ether oxygens (including phenoxy) is 3. The van der Waals surface area contributed by atoms with Gasteiger partial charge in [0.25, 0.3) is 0 Å². The first-order valence-electron chi connectivity index (χ1n) is 10.1. The zero-order chi connectivity index (χ0) is 19.1. The molecule has 0 radical (unpaired) electrons. The van der Waals surface area contributed by atoms with Crippen LogP contribution < -0.4 is 4.74 Å². The first-order chi connectivity index (χ1) is 13.1. The fourth-order valence-corrected chi connectivity index (χ4v) is 3.80. The second-order valence-corrected chi connectivity index (χ2v) is 7.46. The number of rotatable bonds is 7. The minimum absolute atomic E-state index is 0.0626. The van der Waals surface area contributed by atoms with Crippen molar-refractivity contribution in [1.82, 2.24) is 4.90 Å². The Hall–Kier alpha value is -1.66. The van der Waals surface area contributed by atoms with E-state index in [-0.39, 0.29) is 11.9 Å². The highest BCUT2D eigenvalue weighted by atomic mass is 19.1. The maximum atomic E-state index is 14.2. The van der Waals surface area contributed by atoms with Gasteiger partial charge in [0.2, 0.25) is 0 Å². The monoisotopic (exact) mass is 379 g/mol. The SMILES string of the molecule is CC(Oc1cc(C(=O)OCCN2CCOCC2)ccc1F)C1CCCCC1. The van der Waals surface area contributed by atoms with Gasteiger partial charge in [-0.2, -0.15) is 0 Å². The van der Waals surface area contributed by atoms with Crippen LogP contribution >= 0.6 is 0 Å². The van der Waals surface area contributed by atoms with Crippen molar-refractivity contribution in [1.29, 1.82) is 0 Å². The van der Waals surface area contributed by atoms with Gasteiger partial charge in [-0.3, -0.25) is 4.90 Å². The average Bonchev–Trinajstić information content (AvgIpc) is 2.71. The van der Waals surface area contributed by atoms with Crippen LogP contribution in [0.2, 0.25) is 0 Å². The standard InChI is InChI=1S/C21H30FNO4/c1-16(17-5-3-2-4-6-17)27-20-15-18(7-8-19(20)22)21(24)26-14-11-23-9-12-25-13-10-23/h7-8,15-17H,2-6,9-14H2,1H3. The molecule has 0 N–H and O–H groups in total. The van der Waals surface area contributed by atoms with Crippen LogP contribution in [0, 0.1) is 11.7 Å². The van der Waals surface area contributed by atoms with E-state index in [1.54, 1.807) is 0 Å². The molecule has 1 saturated heterocycles. The van der Waals surface area contributed by atoms with E-state index in [1.165, 1.54) is 37.5 Å². The van der Waals surface area contributed by atoms with Gasteiger partial charge in [-0.1, -0.05) is 19.3 Å². The Labute approximate surface area is 160 Å². The fourth-order valence-electron chi connectivity index (χ4n) is 3.80. The van der Waals surface area contributed by atoms with Gasteiger partial charge in [0, 0.05) is 19.6 Å². The van der Waals surface area contributed by atoms with E-state index in [9.17, 15) is 9.18 Å². The van der Waals surface area contributed by atoms with E-state index in [1.807, 2.05) is 6.92 Å². The minimum atomic E-state index is -0.446. The van der Waals surface area contributed by atoms with Crippen molar-refractivity contribution in [3.05, 3.63) is 29.6 Å². The lowest BCUT2D eigenvalue weighted by molar-refractivity contribution is 0.0195. The van der Waals surface area contributed by atoms with Gasteiger partial charge in [-0.15, -0.1) is 0 Å². The Morgan fingerprint density at radius 2 is 2.00 bits per heavy atom. The molecule has 5 nitrogen and oxygen atoms in total. The molecule has 0 bridgehead atoms. The third kappa shape index (κ3) is 5.91. The number of halogens is 1. The van der Waals surface area contributed by atoms with Crippen molar-refractivity contribution in [3.63, 3.8) is 0 Å². The zero-order valence-corrected chi connectivity index (χ0v) is 16.1. The molecule has 1 aliphatic heterocycles. The van der Waals surface area contributed by atoms with Crippen LogP contribution in [0.3, 0.4) is 0 Å². The van der Waals surface area contributed by atoms with Crippen LogP contribution in [0.4, 0.5) is 4.39 Å². The lowest BCUT2D eigenvalue weighted by Gasteiger charge is -2.28. The van der Waals surface area contributed by atoms with Crippen molar-refractivity contribution >= 4 is 5.97 Å². The molecule has 2 fully saturated rings. The van der Waals surface area contributed by atoms with Crippen molar-refractivity contribution in [2.24, 2.45) is 5.92 Å². The number of hydrogen-bond acceptors (Lipinski definition) is 5. The summed E-state index contributed by atoms with van der Waals surface area (Å²) in [6.07, 6.45) is 5.85. The summed E-state index contributed by atoms with van der Waals surface area (Å²) in [7, 11) is 0. The van der Waals surface area contributed by atoms with Crippen molar-refractivity contribution < 1.29 is 23.4 Å². The first-order valence-corrected chi connectivity index (χ1v) is 10.1. The second kappa shape index (κ2) is 10.0. The summed E-state index contributed by atoms with van der Waals surface area (Å²) >= 11 is 0. The summed E-state index contributed by atoms with van der Waals surface area (Å²) in [5.74, 6) is -0.307. The van der Waals surface area contributed by atoms with Crippen molar-refractivity contribution in [2.75, 3.05) is 39.5 Å². The van der Waals surface area contributed by atoms with E-state index in [4.69, 9.17) is 14.2 Å². The highest BCUT2D eigenvalue weighted by Gasteiger charge is 2.23. The minimum Gasteiger partial charge on any atom is -0.487 e. The third-order valence-electron chi connectivity index (χ3n) is 5.54. The molecule has 0 aromatic heterocycles. The largest absolute Gasteiger partial charge is 0.487 e. The van der Waals surface area contributed by atoms with E-state index >= 15 is 0 Å². The molecule has 27 heavy (non-hydrogen) atoms. The quantitative estimate of drug-likeness (QED) is 0.677. The van der Waals surface area contributed by atoms with Gasteiger partial charge in [0.15, 0.2) is 11.6 Å². The Balaban J connectivity index is 1.52. The summed E-state index contributed by atoms with van der Waals surface area (Å²) in [5, 5.41) is 0. The van der Waals surface area contributed by atoms with E-state index in [0.717, 1.165) is 25.9 Å². The smallest absolute Gasteiger partial charge is 0.338 e. The number of benzene rings is 1. The van der Waals surface area contributed by atoms with Gasteiger partial charge in [0.05, 0.1) is 24.9 Å². The summed E-state index contributed by atoms with van der Waals surface area (Å²) in [5.41, 5.74) is 0.323. The maximum absolute atomic E-state index is 14.2. The Kier molecular flexibility index (Phi) is 7.47. The van der Waals surface area contributed by atoms with E-state index in [0.29, 0.717) is 37.8 Å². The van der Waals surface area contributed by atoms with Gasteiger partial charge in [-0.25, -0.2) is 9.18 Å². The Morgan fingerprint density at radius 3 is 2.74 bits per heavy atom. The van der Waals surface area contributed by atoms with Crippen molar-refractivity contribution in [2.45, 2.75) is 45.1 Å². The molecule has 6 heteroatoms. The van der Waals surface area contributed by atoms with Crippen LogP contribution in [-0.2, 0) is 9.47 Å². The van der Waals surface area contributed by atoms with E-state index in [2.05, 4.69) is 4.90 Å². The lowest BCUT2D eigenvalue weighted by atomic mass is 9.86. The van der Waals surface area contributed by atoms with Crippen molar-refractivity contribution in [3.8, 4) is 5.75 Å². The topological polar surface area (TPSA) is 48.0 Å². The van der Waals surface area contributed by atoms with Crippen LogP contribution in [0.1, 0.15) is 49.4 Å². The highest BCUT2D eigenvalue weighted by molar-refractivity contribution is 5.89. The summed E-state index contributed by atoms with van der Waals surface area (Å²) in [6.45, 7) is 6.11. The van der Waals surface area contributed by atoms with Gasteiger partial charge >= 0.3 is 5.97 Å². The summed E-state index contributed by atoms with van der Waals surface area (Å²) < 4.78 is 30.7. The molecule has 1 heterocycles. The van der Waals surface area contributed by atoms with Gasteiger partial charge in [-0.05, 0) is 43.9 Å². The zero-order valence-electron chi connectivity index (χ0n) is 16.1. The Morgan fingerprint density at radius 1 is 1.26 bits per heavy atom. The van der Waals surface area contributed by atoms with E-state index < -0.39 is 11.8 Å². The molecule has 1 aliphatic carbocycles. The number of nitrogens with zero attached hydrogens (tertiary/aromatic N) is 1. The molecule has 3 rings (SSSR count).